The number of anilines is 1. The zero-order chi connectivity index (χ0) is 13.8. The number of carbonyl (C=O) groups is 1. The van der Waals surface area contributed by atoms with E-state index in [1.165, 1.54) is 24.2 Å². The van der Waals surface area contributed by atoms with Gasteiger partial charge in [-0.25, -0.2) is 0 Å². The number of nitrogens with one attached hydrogen (secondary N) is 2. The first-order valence-electron chi connectivity index (χ1n) is 6.69. The Labute approximate surface area is 117 Å². The lowest BCUT2D eigenvalue weighted by atomic mass is 10.3. The summed E-state index contributed by atoms with van der Waals surface area (Å²) in [4.78, 5) is 14.2. The van der Waals surface area contributed by atoms with E-state index in [1.807, 2.05) is 6.92 Å². The molecule has 0 aromatic carbocycles. The number of hydrogen-bond acceptors (Lipinski definition) is 6. The minimum absolute atomic E-state index is 0.141. The molecule has 1 atom stereocenters. The van der Waals surface area contributed by atoms with Crippen LogP contribution in [0.3, 0.4) is 0 Å². The number of hydrogen-bond donors (Lipinski definition) is 2. The SMILES string of the molecule is CCNc1nnc(C(=O)NCC(C)N(C)C2CC2)s1. The molecule has 19 heavy (non-hydrogen) atoms. The Kier molecular flexibility index (Phi) is 4.71. The van der Waals surface area contributed by atoms with E-state index in [9.17, 15) is 4.79 Å². The number of rotatable bonds is 7. The molecular formula is C12H21N5OS. The molecule has 0 bridgehead atoms. The van der Waals surface area contributed by atoms with E-state index in [-0.39, 0.29) is 5.91 Å². The third kappa shape index (κ3) is 3.87. The van der Waals surface area contributed by atoms with Crippen molar-refractivity contribution in [2.45, 2.75) is 38.8 Å². The quantitative estimate of drug-likeness (QED) is 0.786. The molecule has 1 aliphatic carbocycles. The number of likely N-dealkylation sites (N-methyl/N-ethyl adjacent to an activating group) is 1. The molecular weight excluding hydrogens is 262 g/mol. The van der Waals surface area contributed by atoms with Crippen LogP contribution in [0.5, 0.6) is 0 Å². The van der Waals surface area contributed by atoms with Crippen LogP contribution in [0.1, 0.15) is 36.5 Å². The highest BCUT2D eigenvalue weighted by atomic mass is 32.1. The molecule has 1 saturated carbocycles. The second-order valence-corrected chi connectivity index (χ2v) is 5.88. The first-order chi connectivity index (χ1) is 9.11. The van der Waals surface area contributed by atoms with Gasteiger partial charge in [-0.15, -0.1) is 10.2 Å². The van der Waals surface area contributed by atoms with Crippen molar-refractivity contribution < 1.29 is 4.79 Å². The summed E-state index contributed by atoms with van der Waals surface area (Å²) >= 11 is 1.29. The molecule has 1 aromatic rings. The average Bonchev–Trinajstić information content (AvgIpc) is 3.15. The molecule has 7 heteroatoms. The largest absolute Gasteiger partial charge is 0.360 e. The number of nitrogens with zero attached hydrogens (tertiary/aromatic N) is 3. The van der Waals surface area contributed by atoms with Crippen LogP contribution < -0.4 is 10.6 Å². The van der Waals surface area contributed by atoms with Crippen LogP contribution >= 0.6 is 11.3 Å². The molecule has 0 spiro atoms. The van der Waals surface area contributed by atoms with Crippen LogP contribution in [0, 0.1) is 0 Å². The Bertz CT molecular complexity index is 432. The Hall–Kier alpha value is -1.21. The molecule has 1 aromatic heterocycles. The zero-order valence-corrected chi connectivity index (χ0v) is 12.5. The second-order valence-electron chi connectivity index (χ2n) is 4.90. The lowest BCUT2D eigenvalue weighted by Crippen LogP contribution is -2.41. The van der Waals surface area contributed by atoms with Gasteiger partial charge in [0, 0.05) is 25.2 Å². The molecule has 1 unspecified atom stereocenters. The molecule has 0 radical (unpaired) electrons. The summed E-state index contributed by atoms with van der Waals surface area (Å²) in [5.74, 6) is -0.141. The molecule has 0 saturated heterocycles. The molecule has 1 amide bonds. The van der Waals surface area contributed by atoms with Gasteiger partial charge in [-0.2, -0.15) is 0 Å². The van der Waals surface area contributed by atoms with E-state index in [0.717, 1.165) is 6.54 Å². The zero-order valence-electron chi connectivity index (χ0n) is 11.6. The van der Waals surface area contributed by atoms with Gasteiger partial charge in [0.05, 0.1) is 0 Å². The first-order valence-corrected chi connectivity index (χ1v) is 7.51. The van der Waals surface area contributed by atoms with E-state index in [2.05, 4.69) is 39.7 Å². The fourth-order valence-electron chi connectivity index (χ4n) is 1.84. The molecule has 106 valence electrons. The van der Waals surface area contributed by atoms with Gasteiger partial charge in [-0.1, -0.05) is 11.3 Å². The number of amides is 1. The molecule has 1 heterocycles. The second kappa shape index (κ2) is 6.29. The first kappa shape index (κ1) is 14.2. The van der Waals surface area contributed by atoms with Gasteiger partial charge >= 0.3 is 0 Å². The minimum Gasteiger partial charge on any atom is -0.360 e. The fraction of sp³-hybridized carbons (Fsp3) is 0.750. The monoisotopic (exact) mass is 283 g/mol. The lowest BCUT2D eigenvalue weighted by Gasteiger charge is -2.24. The van der Waals surface area contributed by atoms with E-state index >= 15 is 0 Å². The summed E-state index contributed by atoms with van der Waals surface area (Å²) in [6.07, 6.45) is 2.55. The van der Waals surface area contributed by atoms with Crippen LogP contribution in [0.4, 0.5) is 5.13 Å². The highest BCUT2D eigenvalue weighted by molar-refractivity contribution is 7.17. The van der Waals surface area contributed by atoms with Crippen molar-refractivity contribution >= 4 is 22.4 Å². The van der Waals surface area contributed by atoms with Gasteiger partial charge in [0.15, 0.2) is 0 Å². The maximum absolute atomic E-state index is 11.9. The Morgan fingerprint density at radius 2 is 2.26 bits per heavy atom. The van der Waals surface area contributed by atoms with Crippen molar-refractivity contribution in [3.63, 3.8) is 0 Å². The molecule has 1 fully saturated rings. The predicted octanol–water partition coefficient (Wildman–Crippen LogP) is 1.18. The van der Waals surface area contributed by atoms with Crippen molar-refractivity contribution in [2.24, 2.45) is 0 Å². The standard InChI is InChI=1S/C12H21N5OS/c1-4-13-12-16-15-11(19-12)10(18)14-7-8(2)17(3)9-5-6-9/h8-9H,4-7H2,1-3H3,(H,13,16)(H,14,18). The van der Waals surface area contributed by atoms with E-state index < -0.39 is 0 Å². The van der Waals surface area contributed by atoms with Gasteiger partial charge < -0.3 is 10.6 Å². The van der Waals surface area contributed by atoms with Crippen molar-refractivity contribution in [3.05, 3.63) is 5.01 Å². The Morgan fingerprint density at radius 3 is 2.89 bits per heavy atom. The van der Waals surface area contributed by atoms with E-state index in [1.54, 1.807) is 0 Å². The summed E-state index contributed by atoms with van der Waals surface area (Å²) in [5, 5.41) is 14.9. The Morgan fingerprint density at radius 1 is 1.53 bits per heavy atom. The summed E-state index contributed by atoms with van der Waals surface area (Å²) in [6, 6.07) is 1.05. The molecule has 0 aliphatic heterocycles. The lowest BCUT2D eigenvalue weighted by molar-refractivity contribution is 0.0938. The number of carbonyl (C=O) groups excluding carboxylic acids is 1. The summed E-state index contributed by atoms with van der Waals surface area (Å²) in [6.45, 7) is 5.53. The van der Waals surface area contributed by atoms with Crippen molar-refractivity contribution in [1.29, 1.82) is 0 Å². The topological polar surface area (TPSA) is 70.1 Å². The highest BCUT2D eigenvalue weighted by Crippen LogP contribution is 2.26. The highest BCUT2D eigenvalue weighted by Gasteiger charge is 2.29. The number of aromatic nitrogens is 2. The molecule has 2 N–H and O–H groups in total. The average molecular weight is 283 g/mol. The van der Waals surface area contributed by atoms with Gasteiger partial charge in [-0.05, 0) is 33.7 Å². The summed E-state index contributed by atoms with van der Waals surface area (Å²) < 4.78 is 0. The third-order valence-electron chi connectivity index (χ3n) is 3.32. The van der Waals surface area contributed by atoms with Crippen LogP contribution in [0.2, 0.25) is 0 Å². The van der Waals surface area contributed by atoms with Crippen molar-refractivity contribution in [1.82, 2.24) is 20.4 Å². The van der Waals surface area contributed by atoms with Crippen LogP contribution in [-0.2, 0) is 0 Å². The smallest absolute Gasteiger partial charge is 0.282 e. The third-order valence-corrected chi connectivity index (χ3v) is 4.20. The Balaban J connectivity index is 1.79. The predicted molar refractivity (Wildman–Crippen MR) is 76.7 cm³/mol. The molecule has 2 rings (SSSR count). The maximum atomic E-state index is 11.9. The van der Waals surface area contributed by atoms with Gasteiger partial charge in [-0.3, -0.25) is 9.69 Å². The van der Waals surface area contributed by atoms with Crippen LogP contribution in [-0.4, -0.2) is 53.2 Å². The van der Waals surface area contributed by atoms with Crippen LogP contribution in [0.25, 0.3) is 0 Å². The molecule has 1 aliphatic rings. The minimum atomic E-state index is -0.141. The van der Waals surface area contributed by atoms with E-state index in [0.29, 0.717) is 28.8 Å². The molecule has 6 nitrogen and oxygen atoms in total. The van der Waals surface area contributed by atoms with Gasteiger partial charge in [0.1, 0.15) is 0 Å². The van der Waals surface area contributed by atoms with Gasteiger partial charge in [0.2, 0.25) is 10.1 Å². The van der Waals surface area contributed by atoms with E-state index in [4.69, 9.17) is 0 Å². The summed E-state index contributed by atoms with van der Waals surface area (Å²) in [5.41, 5.74) is 0. The van der Waals surface area contributed by atoms with Gasteiger partial charge in [0.25, 0.3) is 5.91 Å². The van der Waals surface area contributed by atoms with Crippen molar-refractivity contribution in [2.75, 3.05) is 25.5 Å². The normalized spacial score (nSPS) is 16.4. The van der Waals surface area contributed by atoms with Crippen LogP contribution in [0.15, 0.2) is 0 Å². The van der Waals surface area contributed by atoms with Crippen molar-refractivity contribution in [3.8, 4) is 0 Å². The summed E-state index contributed by atoms with van der Waals surface area (Å²) in [7, 11) is 2.11. The maximum Gasteiger partial charge on any atom is 0.282 e. The fourth-order valence-corrected chi connectivity index (χ4v) is 2.57.